The van der Waals surface area contributed by atoms with Gasteiger partial charge in [0.25, 0.3) is 0 Å². The molecule has 0 bridgehead atoms. The highest BCUT2D eigenvalue weighted by Crippen LogP contribution is 2.39. The van der Waals surface area contributed by atoms with Crippen molar-refractivity contribution in [2.24, 2.45) is 0 Å². The van der Waals surface area contributed by atoms with Crippen molar-refractivity contribution >= 4 is 11.5 Å². The minimum Gasteiger partial charge on any atom is -0.497 e. The second kappa shape index (κ2) is 7.91. The summed E-state index contributed by atoms with van der Waals surface area (Å²) in [6.45, 7) is 4.23. The minimum atomic E-state index is 0.306. The maximum absolute atomic E-state index is 5.43. The maximum Gasteiger partial charge on any atom is 0.165 e. The first-order valence-corrected chi connectivity index (χ1v) is 12.0. The molecule has 2 aliphatic carbocycles. The number of hydrogen-bond acceptors (Lipinski definition) is 4. The van der Waals surface area contributed by atoms with Crippen LogP contribution in [0.4, 0.5) is 5.82 Å². The van der Waals surface area contributed by atoms with Crippen molar-refractivity contribution in [3.63, 3.8) is 0 Å². The van der Waals surface area contributed by atoms with Crippen LogP contribution >= 0.6 is 0 Å². The van der Waals surface area contributed by atoms with Crippen molar-refractivity contribution in [3.05, 3.63) is 76.1 Å². The van der Waals surface area contributed by atoms with E-state index in [0.717, 1.165) is 54.2 Å². The van der Waals surface area contributed by atoms with E-state index in [0.29, 0.717) is 6.04 Å². The van der Waals surface area contributed by atoms with Gasteiger partial charge in [0.1, 0.15) is 11.6 Å². The van der Waals surface area contributed by atoms with E-state index in [9.17, 15) is 0 Å². The van der Waals surface area contributed by atoms with Crippen LogP contribution in [0.1, 0.15) is 58.9 Å². The quantitative estimate of drug-likeness (QED) is 0.425. The smallest absolute Gasteiger partial charge is 0.165 e. The summed E-state index contributed by atoms with van der Waals surface area (Å²) in [6.07, 6.45) is 6.76. The summed E-state index contributed by atoms with van der Waals surface area (Å²) >= 11 is 0. The largest absolute Gasteiger partial charge is 0.497 e. The highest BCUT2D eigenvalue weighted by molar-refractivity contribution is 5.83. The first-order valence-electron chi connectivity index (χ1n) is 12.0. The lowest BCUT2D eigenvalue weighted by atomic mass is 9.87. The van der Waals surface area contributed by atoms with Crippen LogP contribution in [0.5, 0.6) is 5.75 Å². The fourth-order valence-electron chi connectivity index (χ4n) is 5.71. The Morgan fingerprint density at radius 1 is 1.03 bits per heavy atom. The number of anilines is 1. The monoisotopic (exact) mass is 438 g/mol. The molecule has 0 saturated heterocycles. The second-order valence-electron chi connectivity index (χ2n) is 9.40. The molecule has 0 amide bonds. The van der Waals surface area contributed by atoms with Crippen LogP contribution in [0, 0.1) is 13.8 Å². The van der Waals surface area contributed by atoms with Gasteiger partial charge in [-0.2, -0.15) is 9.61 Å². The molecule has 5 heteroatoms. The van der Waals surface area contributed by atoms with Gasteiger partial charge in [0.2, 0.25) is 0 Å². The van der Waals surface area contributed by atoms with Crippen molar-refractivity contribution in [3.8, 4) is 16.9 Å². The highest BCUT2D eigenvalue weighted by Gasteiger charge is 2.27. The van der Waals surface area contributed by atoms with Crippen molar-refractivity contribution in [1.82, 2.24) is 14.6 Å². The van der Waals surface area contributed by atoms with Gasteiger partial charge in [0, 0.05) is 16.8 Å². The molecule has 5 nitrogen and oxygen atoms in total. The van der Waals surface area contributed by atoms with Gasteiger partial charge in [0.15, 0.2) is 5.65 Å². The lowest BCUT2D eigenvalue weighted by Gasteiger charge is -2.28. The molecule has 4 aromatic rings. The molecular formula is C28H30N4O. The van der Waals surface area contributed by atoms with E-state index in [4.69, 9.17) is 14.8 Å². The number of aryl methyl sites for hydroxylation is 4. The fraction of sp³-hybridized carbons (Fsp3) is 0.357. The Bertz CT molecular complexity index is 1370. The molecule has 0 spiro atoms. The van der Waals surface area contributed by atoms with Gasteiger partial charge in [0.05, 0.1) is 18.8 Å². The number of aromatic nitrogens is 3. The van der Waals surface area contributed by atoms with Crippen LogP contribution in [-0.2, 0) is 19.3 Å². The van der Waals surface area contributed by atoms with E-state index in [1.165, 1.54) is 46.4 Å². The van der Waals surface area contributed by atoms with Crippen LogP contribution in [0.15, 0.2) is 42.5 Å². The fourth-order valence-corrected chi connectivity index (χ4v) is 5.71. The molecule has 6 rings (SSSR count). The molecule has 2 aromatic heterocycles. The molecule has 0 saturated carbocycles. The Hall–Kier alpha value is -3.34. The van der Waals surface area contributed by atoms with E-state index in [-0.39, 0.29) is 0 Å². The van der Waals surface area contributed by atoms with Gasteiger partial charge in [-0.25, -0.2) is 4.98 Å². The van der Waals surface area contributed by atoms with Crippen molar-refractivity contribution in [2.75, 3.05) is 12.4 Å². The van der Waals surface area contributed by atoms with Crippen LogP contribution in [0.2, 0.25) is 0 Å². The van der Waals surface area contributed by atoms with Gasteiger partial charge in [-0.3, -0.25) is 0 Å². The highest BCUT2D eigenvalue weighted by atomic mass is 16.5. The Balaban J connectivity index is 1.52. The van der Waals surface area contributed by atoms with E-state index < -0.39 is 0 Å². The summed E-state index contributed by atoms with van der Waals surface area (Å²) in [5.74, 6) is 2.01. The van der Waals surface area contributed by atoms with Gasteiger partial charge >= 0.3 is 0 Å². The Kier molecular flexibility index (Phi) is 4.86. The standard InChI is InChI=1S/C28H30N4O/c1-17-16-20(33-3)14-15-21(17)26-18(2)31-32-27(23-11-7-13-25(23)30-28(26)32)29-24-12-6-9-19-8-4-5-10-22(19)24/h4-5,8,10,14-16,24,29H,6-7,9,11-13H2,1-3H3. The van der Waals surface area contributed by atoms with Crippen molar-refractivity contribution in [1.29, 1.82) is 0 Å². The first kappa shape index (κ1) is 20.3. The van der Waals surface area contributed by atoms with Crippen LogP contribution in [-0.4, -0.2) is 21.7 Å². The lowest BCUT2D eigenvalue weighted by molar-refractivity contribution is 0.414. The second-order valence-corrected chi connectivity index (χ2v) is 9.40. The molecule has 168 valence electrons. The third kappa shape index (κ3) is 3.29. The predicted molar refractivity (Wildman–Crippen MR) is 132 cm³/mol. The average molecular weight is 439 g/mol. The molecule has 33 heavy (non-hydrogen) atoms. The zero-order valence-electron chi connectivity index (χ0n) is 19.6. The molecular weight excluding hydrogens is 408 g/mol. The normalized spacial score (nSPS) is 17.1. The van der Waals surface area contributed by atoms with Gasteiger partial charge in [-0.1, -0.05) is 30.3 Å². The number of fused-ring (bicyclic) bond motifs is 3. The molecule has 2 heterocycles. The zero-order valence-corrected chi connectivity index (χ0v) is 19.6. The topological polar surface area (TPSA) is 51.5 Å². The summed E-state index contributed by atoms with van der Waals surface area (Å²) in [5.41, 5.74) is 10.9. The SMILES string of the molecule is COc1ccc(-c2c(C)nn3c(NC4CCCc5ccccc54)c4c(nc23)CCC4)c(C)c1. The number of hydrogen-bond donors (Lipinski definition) is 1. The molecule has 2 aliphatic rings. The van der Waals surface area contributed by atoms with Gasteiger partial charge in [-0.15, -0.1) is 0 Å². The van der Waals surface area contributed by atoms with E-state index in [1.807, 2.05) is 6.07 Å². The number of methoxy groups -OCH3 is 1. The molecule has 0 fully saturated rings. The average Bonchev–Trinajstić information content (AvgIpc) is 3.43. The summed E-state index contributed by atoms with van der Waals surface area (Å²) in [7, 11) is 1.71. The zero-order chi connectivity index (χ0) is 22.5. The molecule has 2 aromatic carbocycles. The van der Waals surface area contributed by atoms with E-state index >= 15 is 0 Å². The Labute approximate surface area is 194 Å². The summed E-state index contributed by atoms with van der Waals surface area (Å²) in [5, 5.41) is 8.98. The molecule has 1 atom stereocenters. The molecule has 0 aliphatic heterocycles. The number of benzene rings is 2. The summed E-state index contributed by atoms with van der Waals surface area (Å²) in [6, 6.07) is 15.4. The lowest BCUT2D eigenvalue weighted by Crippen LogP contribution is -2.20. The molecule has 1 N–H and O–H groups in total. The van der Waals surface area contributed by atoms with Crippen LogP contribution in [0.25, 0.3) is 16.8 Å². The van der Waals surface area contributed by atoms with Crippen molar-refractivity contribution in [2.45, 2.75) is 58.4 Å². The number of rotatable bonds is 4. The minimum absolute atomic E-state index is 0.306. The van der Waals surface area contributed by atoms with E-state index in [1.54, 1.807) is 7.11 Å². The van der Waals surface area contributed by atoms with Gasteiger partial charge < -0.3 is 10.1 Å². The van der Waals surface area contributed by atoms with Crippen LogP contribution < -0.4 is 10.1 Å². The number of ether oxygens (including phenoxy) is 1. The summed E-state index contributed by atoms with van der Waals surface area (Å²) in [4.78, 5) is 5.16. The number of nitrogens with one attached hydrogen (secondary N) is 1. The van der Waals surface area contributed by atoms with Gasteiger partial charge in [-0.05, 0) is 86.8 Å². The Morgan fingerprint density at radius 2 is 1.91 bits per heavy atom. The van der Waals surface area contributed by atoms with E-state index in [2.05, 4.69) is 60.1 Å². The third-order valence-corrected chi connectivity index (χ3v) is 7.35. The molecule has 1 unspecified atom stereocenters. The molecule has 0 radical (unpaired) electrons. The third-order valence-electron chi connectivity index (χ3n) is 7.35. The summed E-state index contributed by atoms with van der Waals surface area (Å²) < 4.78 is 7.51. The van der Waals surface area contributed by atoms with Crippen LogP contribution in [0.3, 0.4) is 0 Å². The number of nitrogens with zero attached hydrogens (tertiary/aromatic N) is 3. The maximum atomic E-state index is 5.43. The Morgan fingerprint density at radius 3 is 2.76 bits per heavy atom. The first-order chi connectivity index (χ1) is 16.1. The predicted octanol–water partition coefficient (Wildman–Crippen LogP) is 6.00. The van der Waals surface area contributed by atoms with Crippen molar-refractivity contribution < 1.29 is 4.74 Å².